The van der Waals surface area contributed by atoms with Gasteiger partial charge < -0.3 is 5.32 Å². The van der Waals surface area contributed by atoms with Crippen molar-refractivity contribution in [2.45, 2.75) is 26.8 Å². The summed E-state index contributed by atoms with van der Waals surface area (Å²) in [5.41, 5.74) is 1.47. The lowest BCUT2D eigenvalue weighted by Crippen LogP contribution is -2.37. The van der Waals surface area contributed by atoms with E-state index in [1.807, 2.05) is 19.9 Å². The molecule has 1 amide bonds. The Bertz CT molecular complexity index is 800. The molecule has 0 saturated carbocycles. The molecule has 0 unspecified atom stereocenters. The highest BCUT2D eigenvalue weighted by Crippen LogP contribution is 2.18. The highest BCUT2D eigenvalue weighted by molar-refractivity contribution is 7.92. The molecule has 2 aromatic rings. The maximum Gasteiger partial charge on any atom is 0.245 e. The first kappa shape index (κ1) is 18.0. The molecule has 0 spiro atoms. The lowest BCUT2D eigenvalue weighted by atomic mass is 10.3. The summed E-state index contributed by atoms with van der Waals surface area (Å²) in [5, 5.41) is 6.99. The van der Waals surface area contributed by atoms with Gasteiger partial charge in [-0.15, -0.1) is 0 Å². The molecule has 0 bridgehead atoms. The number of carbonyl (C=O) groups is 1. The van der Waals surface area contributed by atoms with Gasteiger partial charge in [-0.2, -0.15) is 5.10 Å². The number of benzene rings is 1. The van der Waals surface area contributed by atoms with Gasteiger partial charge in [0.1, 0.15) is 6.54 Å². The largest absolute Gasteiger partial charge is 0.325 e. The van der Waals surface area contributed by atoms with Gasteiger partial charge in [0.25, 0.3) is 0 Å². The van der Waals surface area contributed by atoms with Crippen LogP contribution < -0.4 is 9.62 Å². The lowest BCUT2D eigenvalue weighted by molar-refractivity contribution is -0.114. The number of hydrogen-bond acceptors (Lipinski definition) is 4. The first-order chi connectivity index (χ1) is 11.3. The van der Waals surface area contributed by atoms with Crippen LogP contribution in [0.2, 0.25) is 0 Å². The predicted octanol–water partition coefficient (Wildman–Crippen LogP) is 2.01. The third-order valence-electron chi connectivity index (χ3n) is 3.40. The molecule has 0 aliphatic rings. The van der Waals surface area contributed by atoms with E-state index < -0.39 is 15.9 Å². The average Bonchev–Trinajstić information content (AvgIpc) is 2.86. The van der Waals surface area contributed by atoms with Gasteiger partial charge in [-0.25, -0.2) is 12.7 Å². The van der Waals surface area contributed by atoms with Crippen LogP contribution in [-0.2, 0) is 21.4 Å². The van der Waals surface area contributed by atoms with Crippen LogP contribution >= 0.6 is 0 Å². The van der Waals surface area contributed by atoms with E-state index in [1.54, 1.807) is 35.0 Å². The van der Waals surface area contributed by atoms with Gasteiger partial charge in [-0.1, -0.05) is 25.1 Å². The molecule has 1 N–H and O–H groups in total. The van der Waals surface area contributed by atoms with Crippen LogP contribution in [0.25, 0.3) is 0 Å². The number of aryl methyl sites for hydroxylation is 2. The third kappa shape index (κ3) is 4.58. The molecule has 0 saturated heterocycles. The minimum atomic E-state index is -3.63. The van der Waals surface area contributed by atoms with Gasteiger partial charge in [0.05, 0.1) is 6.26 Å². The standard InChI is InChI=1S/C16H22N4O3S/c1-4-10-19-13(2)11-15(18-19)20(24(3,22)23)12-16(21)17-14-8-6-5-7-9-14/h5-9,11H,4,10,12H2,1-3H3,(H,17,21). The molecule has 1 aromatic heterocycles. The molecule has 0 fully saturated rings. The zero-order chi connectivity index (χ0) is 17.7. The van der Waals surface area contributed by atoms with Crippen LogP contribution in [0.5, 0.6) is 0 Å². The van der Waals surface area contributed by atoms with Crippen molar-refractivity contribution < 1.29 is 13.2 Å². The van der Waals surface area contributed by atoms with Crippen molar-refractivity contribution in [2.24, 2.45) is 0 Å². The van der Waals surface area contributed by atoms with E-state index in [0.29, 0.717) is 12.2 Å². The molecule has 0 atom stereocenters. The first-order valence-electron chi connectivity index (χ1n) is 7.68. The molecular weight excluding hydrogens is 328 g/mol. The van der Waals surface area contributed by atoms with Gasteiger partial charge in [0.2, 0.25) is 15.9 Å². The summed E-state index contributed by atoms with van der Waals surface area (Å²) in [6.07, 6.45) is 1.95. The number of carbonyl (C=O) groups excluding carboxylic acids is 1. The van der Waals surface area contributed by atoms with Crippen LogP contribution in [0, 0.1) is 6.92 Å². The second kappa shape index (κ2) is 7.48. The Morgan fingerprint density at radius 3 is 2.54 bits per heavy atom. The number of nitrogens with zero attached hydrogens (tertiary/aromatic N) is 3. The van der Waals surface area contributed by atoms with Crippen LogP contribution in [0.4, 0.5) is 11.5 Å². The quantitative estimate of drug-likeness (QED) is 0.828. The molecular formula is C16H22N4O3S. The van der Waals surface area contributed by atoms with Gasteiger partial charge in [0, 0.05) is 24.0 Å². The van der Waals surface area contributed by atoms with E-state index >= 15 is 0 Å². The lowest BCUT2D eigenvalue weighted by Gasteiger charge is -2.19. The number of amides is 1. The predicted molar refractivity (Wildman–Crippen MR) is 94.5 cm³/mol. The van der Waals surface area contributed by atoms with Crippen LogP contribution in [0.3, 0.4) is 0 Å². The molecule has 0 aliphatic heterocycles. The zero-order valence-corrected chi connectivity index (χ0v) is 14.9. The Balaban J connectivity index is 2.20. The van der Waals surface area contributed by atoms with Crippen molar-refractivity contribution in [1.29, 1.82) is 0 Å². The van der Waals surface area contributed by atoms with E-state index in [1.165, 1.54) is 0 Å². The number of aromatic nitrogens is 2. The Morgan fingerprint density at radius 2 is 1.96 bits per heavy atom. The number of sulfonamides is 1. The number of nitrogens with one attached hydrogen (secondary N) is 1. The van der Waals surface area contributed by atoms with Crippen molar-refractivity contribution >= 4 is 27.4 Å². The number of hydrogen-bond donors (Lipinski definition) is 1. The topological polar surface area (TPSA) is 84.3 Å². The van der Waals surface area contributed by atoms with Crippen molar-refractivity contribution in [3.05, 3.63) is 42.1 Å². The molecule has 24 heavy (non-hydrogen) atoms. The second-order valence-corrected chi connectivity index (χ2v) is 7.46. The van der Waals surface area contributed by atoms with Crippen molar-refractivity contribution in [1.82, 2.24) is 9.78 Å². The zero-order valence-electron chi connectivity index (χ0n) is 14.1. The van der Waals surface area contributed by atoms with Crippen LogP contribution in [0.15, 0.2) is 36.4 Å². The molecule has 130 valence electrons. The van der Waals surface area contributed by atoms with E-state index in [9.17, 15) is 13.2 Å². The van der Waals surface area contributed by atoms with E-state index in [4.69, 9.17) is 0 Å². The van der Waals surface area contributed by atoms with E-state index in [0.717, 1.165) is 22.7 Å². The summed E-state index contributed by atoms with van der Waals surface area (Å²) in [6.45, 7) is 4.25. The Hall–Kier alpha value is -2.35. The van der Waals surface area contributed by atoms with Crippen LogP contribution in [0.1, 0.15) is 19.0 Å². The molecule has 7 nitrogen and oxygen atoms in total. The van der Waals surface area contributed by atoms with Crippen molar-refractivity contribution in [2.75, 3.05) is 22.4 Å². The maximum atomic E-state index is 12.2. The Kier molecular flexibility index (Phi) is 5.61. The SMILES string of the molecule is CCCn1nc(N(CC(=O)Nc2ccccc2)S(C)(=O)=O)cc1C. The molecule has 1 heterocycles. The summed E-state index contributed by atoms with van der Waals surface area (Å²) >= 11 is 0. The minimum Gasteiger partial charge on any atom is -0.325 e. The molecule has 2 rings (SSSR count). The smallest absolute Gasteiger partial charge is 0.245 e. The highest BCUT2D eigenvalue weighted by atomic mass is 32.2. The Labute approximate surface area is 142 Å². The van der Waals surface area contributed by atoms with Crippen LogP contribution in [-0.4, -0.2) is 36.9 Å². The highest BCUT2D eigenvalue weighted by Gasteiger charge is 2.24. The molecule has 1 aromatic carbocycles. The summed E-state index contributed by atoms with van der Waals surface area (Å²) in [6, 6.07) is 10.6. The van der Waals surface area contributed by atoms with Crippen molar-refractivity contribution in [3.63, 3.8) is 0 Å². The van der Waals surface area contributed by atoms with Gasteiger partial charge in [0.15, 0.2) is 5.82 Å². The van der Waals surface area contributed by atoms with E-state index in [2.05, 4.69) is 10.4 Å². The fourth-order valence-electron chi connectivity index (χ4n) is 2.27. The fraction of sp³-hybridized carbons (Fsp3) is 0.375. The number of anilines is 2. The fourth-order valence-corrected chi connectivity index (χ4v) is 3.05. The monoisotopic (exact) mass is 350 g/mol. The molecule has 8 heteroatoms. The number of para-hydroxylation sites is 1. The minimum absolute atomic E-state index is 0.256. The van der Waals surface area contributed by atoms with Gasteiger partial charge in [-0.05, 0) is 25.5 Å². The third-order valence-corrected chi connectivity index (χ3v) is 4.52. The number of rotatable bonds is 7. The summed E-state index contributed by atoms with van der Waals surface area (Å²) in [4.78, 5) is 12.2. The average molecular weight is 350 g/mol. The second-order valence-electron chi connectivity index (χ2n) is 5.55. The van der Waals surface area contributed by atoms with Gasteiger partial charge in [-0.3, -0.25) is 9.48 Å². The Morgan fingerprint density at radius 1 is 1.29 bits per heavy atom. The normalized spacial score (nSPS) is 11.3. The summed E-state index contributed by atoms with van der Waals surface area (Å²) < 4.78 is 26.9. The van der Waals surface area contributed by atoms with E-state index in [-0.39, 0.29) is 12.4 Å². The van der Waals surface area contributed by atoms with Crippen molar-refractivity contribution in [3.8, 4) is 0 Å². The summed E-state index contributed by atoms with van der Waals surface area (Å²) in [5.74, 6) is -0.166. The maximum absolute atomic E-state index is 12.2. The molecule has 0 aliphatic carbocycles. The van der Waals surface area contributed by atoms with Gasteiger partial charge >= 0.3 is 0 Å². The first-order valence-corrected chi connectivity index (χ1v) is 9.53. The summed E-state index contributed by atoms with van der Waals surface area (Å²) in [7, 11) is -3.63. The molecule has 0 radical (unpaired) electrons.